The summed E-state index contributed by atoms with van der Waals surface area (Å²) in [4.78, 5) is 34.1. The Bertz CT molecular complexity index is 944. The molecule has 30 heavy (non-hydrogen) atoms. The predicted octanol–water partition coefficient (Wildman–Crippen LogP) is 3.14. The number of amides is 1. The topological polar surface area (TPSA) is 86.9 Å². The Morgan fingerprint density at radius 3 is 2.70 bits per heavy atom. The molecule has 1 atom stereocenters. The van der Waals surface area contributed by atoms with Gasteiger partial charge in [0.05, 0.1) is 17.5 Å². The van der Waals surface area contributed by atoms with E-state index >= 15 is 0 Å². The zero-order valence-corrected chi connectivity index (χ0v) is 16.7. The second-order valence-electron chi connectivity index (χ2n) is 7.53. The third-order valence-corrected chi connectivity index (χ3v) is 5.59. The van der Waals surface area contributed by atoms with E-state index in [0.717, 1.165) is 25.9 Å². The second kappa shape index (κ2) is 9.09. The maximum absolute atomic E-state index is 13.0. The Morgan fingerprint density at radius 2 is 2.00 bits per heavy atom. The fourth-order valence-electron chi connectivity index (χ4n) is 4.05. The Labute approximate surface area is 175 Å². The molecule has 0 aromatic carbocycles. The van der Waals surface area contributed by atoms with E-state index in [9.17, 15) is 14.7 Å². The van der Waals surface area contributed by atoms with Crippen molar-refractivity contribution in [3.05, 3.63) is 71.7 Å². The molecule has 1 N–H and O–H groups in total. The van der Waals surface area contributed by atoms with Crippen LogP contribution in [0.25, 0.3) is 6.08 Å². The summed E-state index contributed by atoms with van der Waals surface area (Å²) in [6.07, 6.45) is 9.53. The van der Waals surface area contributed by atoms with Crippen LogP contribution in [-0.4, -0.2) is 57.8 Å². The quantitative estimate of drug-likeness (QED) is 0.710. The summed E-state index contributed by atoms with van der Waals surface area (Å²) < 4.78 is 5.22. The number of aliphatic hydroxyl groups excluding tert-OH is 1. The molecule has 2 aliphatic rings. The summed E-state index contributed by atoms with van der Waals surface area (Å²) in [7, 11) is 0. The van der Waals surface area contributed by atoms with Crippen LogP contribution in [0, 0.1) is 0 Å². The maximum Gasteiger partial charge on any atom is 0.290 e. The largest absolute Gasteiger partial charge is 0.503 e. The van der Waals surface area contributed by atoms with Gasteiger partial charge in [-0.1, -0.05) is 12.5 Å². The van der Waals surface area contributed by atoms with Gasteiger partial charge in [0.1, 0.15) is 11.8 Å². The van der Waals surface area contributed by atoms with Gasteiger partial charge in [-0.3, -0.25) is 14.6 Å². The molecule has 4 rings (SSSR count). The van der Waals surface area contributed by atoms with E-state index in [1.54, 1.807) is 35.4 Å². The molecule has 1 saturated heterocycles. The molecule has 7 heteroatoms. The summed E-state index contributed by atoms with van der Waals surface area (Å²) in [5.74, 6) is -0.951. The van der Waals surface area contributed by atoms with Gasteiger partial charge in [-0.15, -0.1) is 0 Å². The lowest BCUT2D eigenvalue weighted by Gasteiger charge is -2.31. The molecule has 1 unspecified atom stereocenters. The lowest BCUT2D eigenvalue weighted by Crippen LogP contribution is -2.40. The number of hydrogen-bond acceptors (Lipinski definition) is 6. The average Bonchev–Trinajstić information content (AvgIpc) is 3.39. The van der Waals surface area contributed by atoms with E-state index in [0.29, 0.717) is 24.5 Å². The van der Waals surface area contributed by atoms with Crippen molar-refractivity contribution in [2.45, 2.75) is 25.3 Å². The molecule has 156 valence electrons. The molecule has 0 aliphatic carbocycles. The van der Waals surface area contributed by atoms with Crippen molar-refractivity contribution in [3.63, 3.8) is 0 Å². The standard InChI is InChI=1S/C23H25N3O4/c27-19(10-9-17-7-6-16-30-17)20-21(18-8-2-3-11-24-18)26(23(29)22(20)28)15-14-25-12-4-1-5-13-25/h2-3,6-11,16,21,28H,1,4-5,12-15H2/b10-9+. The monoisotopic (exact) mass is 407 g/mol. The number of nitrogens with zero attached hydrogens (tertiary/aromatic N) is 3. The number of furan rings is 1. The van der Waals surface area contributed by atoms with E-state index in [2.05, 4.69) is 9.88 Å². The third kappa shape index (κ3) is 4.21. The Morgan fingerprint density at radius 1 is 1.17 bits per heavy atom. The normalized spacial score (nSPS) is 20.5. The SMILES string of the molecule is O=C(/C=C/c1ccco1)C1=C(O)C(=O)N(CCN2CCCCC2)C1c1ccccn1. The molecule has 2 aromatic rings. The van der Waals surface area contributed by atoms with Crippen molar-refractivity contribution in [2.75, 3.05) is 26.2 Å². The summed E-state index contributed by atoms with van der Waals surface area (Å²) >= 11 is 0. The molecule has 7 nitrogen and oxygen atoms in total. The highest BCUT2D eigenvalue weighted by atomic mass is 16.3. The van der Waals surface area contributed by atoms with Crippen LogP contribution in [0.1, 0.15) is 36.8 Å². The van der Waals surface area contributed by atoms with Gasteiger partial charge in [0, 0.05) is 19.3 Å². The number of rotatable bonds is 7. The zero-order valence-electron chi connectivity index (χ0n) is 16.7. The van der Waals surface area contributed by atoms with Gasteiger partial charge in [-0.2, -0.15) is 0 Å². The summed E-state index contributed by atoms with van der Waals surface area (Å²) in [5, 5.41) is 10.6. The fraction of sp³-hybridized carbons (Fsp3) is 0.348. The van der Waals surface area contributed by atoms with Crippen LogP contribution in [0.3, 0.4) is 0 Å². The van der Waals surface area contributed by atoms with Crippen molar-refractivity contribution >= 4 is 17.8 Å². The summed E-state index contributed by atoms with van der Waals surface area (Å²) in [6, 6.07) is 8.09. The van der Waals surface area contributed by atoms with Crippen LogP contribution in [0.5, 0.6) is 0 Å². The minimum atomic E-state index is -0.711. The van der Waals surface area contributed by atoms with Crippen LogP contribution in [-0.2, 0) is 9.59 Å². The van der Waals surface area contributed by atoms with Gasteiger partial charge in [0.15, 0.2) is 11.5 Å². The lowest BCUT2D eigenvalue weighted by molar-refractivity contribution is -0.129. The van der Waals surface area contributed by atoms with Crippen LogP contribution in [0.2, 0.25) is 0 Å². The zero-order chi connectivity index (χ0) is 20.9. The van der Waals surface area contributed by atoms with Gasteiger partial charge in [-0.25, -0.2) is 0 Å². The van der Waals surface area contributed by atoms with Gasteiger partial charge in [-0.05, 0) is 62.3 Å². The van der Waals surface area contributed by atoms with Gasteiger partial charge < -0.3 is 19.3 Å². The molecular weight excluding hydrogens is 382 g/mol. The minimum Gasteiger partial charge on any atom is -0.503 e. The van der Waals surface area contributed by atoms with Crippen LogP contribution < -0.4 is 0 Å². The molecule has 0 saturated carbocycles. The molecule has 2 aliphatic heterocycles. The number of pyridine rings is 1. The highest BCUT2D eigenvalue weighted by molar-refractivity contribution is 6.14. The van der Waals surface area contributed by atoms with Gasteiger partial charge in [0.2, 0.25) is 0 Å². The first-order valence-electron chi connectivity index (χ1n) is 10.3. The highest BCUT2D eigenvalue weighted by Gasteiger charge is 2.43. The molecular formula is C23H25N3O4. The van der Waals surface area contributed by atoms with E-state index in [1.165, 1.54) is 24.8 Å². The molecule has 0 bridgehead atoms. The van der Waals surface area contributed by atoms with Crippen LogP contribution >= 0.6 is 0 Å². The number of carbonyl (C=O) groups excluding carboxylic acids is 2. The Kier molecular flexibility index (Phi) is 6.09. The highest BCUT2D eigenvalue weighted by Crippen LogP contribution is 2.37. The summed E-state index contributed by atoms with van der Waals surface area (Å²) in [5.41, 5.74) is 0.614. The van der Waals surface area contributed by atoms with E-state index < -0.39 is 23.5 Å². The van der Waals surface area contributed by atoms with Gasteiger partial charge >= 0.3 is 0 Å². The number of allylic oxidation sites excluding steroid dienone is 1. The molecule has 2 aromatic heterocycles. The smallest absolute Gasteiger partial charge is 0.290 e. The van der Waals surface area contributed by atoms with Gasteiger partial charge in [0.25, 0.3) is 5.91 Å². The number of carbonyl (C=O) groups is 2. The van der Waals surface area contributed by atoms with Crippen molar-refractivity contribution in [3.8, 4) is 0 Å². The van der Waals surface area contributed by atoms with Crippen molar-refractivity contribution in [1.29, 1.82) is 0 Å². The number of ketones is 1. The number of likely N-dealkylation sites (tertiary alicyclic amines) is 1. The first kappa shape index (κ1) is 20.1. The first-order chi connectivity index (χ1) is 14.6. The molecule has 0 spiro atoms. The Hall–Kier alpha value is -3.19. The maximum atomic E-state index is 13.0. The van der Waals surface area contributed by atoms with E-state index in [4.69, 9.17) is 4.42 Å². The Balaban J connectivity index is 1.59. The lowest BCUT2D eigenvalue weighted by atomic mass is 9.99. The molecule has 1 amide bonds. The third-order valence-electron chi connectivity index (χ3n) is 5.59. The average molecular weight is 407 g/mol. The van der Waals surface area contributed by atoms with E-state index in [-0.39, 0.29) is 5.57 Å². The number of aromatic nitrogens is 1. The first-order valence-corrected chi connectivity index (χ1v) is 10.3. The number of piperidine rings is 1. The van der Waals surface area contributed by atoms with Crippen molar-refractivity contribution in [2.24, 2.45) is 0 Å². The molecule has 1 fully saturated rings. The van der Waals surface area contributed by atoms with E-state index in [1.807, 2.05) is 6.07 Å². The number of hydrogen-bond donors (Lipinski definition) is 1. The number of aliphatic hydroxyl groups is 1. The fourth-order valence-corrected chi connectivity index (χ4v) is 4.05. The second-order valence-corrected chi connectivity index (χ2v) is 7.53. The van der Waals surface area contributed by atoms with Crippen LogP contribution in [0.15, 0.2) is 64.6 Å². The summed E-state index contributed by atoms with van der Waals surface area (Å²) in [6.45, 7) is 3.13. The van der Waals surface area contributed by atoms with Crippen molar-refractivity contribution < 1.29 is 19.1 Å². The van der Waals surface area contributed by atoms with Crippen molar-refractivity contribution in [1.82, 2.24) is 14.8 Å². The molecule has 4 heterocycles. The predicted molar refractivity (Wildman–Crippen MR) is 111 cm³/mol. The molecule has 0 radical (unpaired) electrons. The minimum absolute atomic E-state index is 0.0557. The van der Waals surface area contributed by atoms with Crippen LogP contribution in [0.4, 0.5) is 0 Å².